The molecule has 0 aliphatic carbocycles. The third kappa shape index (κ3) is 4.36. The van der Waals surface area contributed by atoms with Crippen molar-refractivity contribution < 1.29 is 41.4 Å². The van der Waals surface area contributed by atoms with Crippen LogP contribution in [0.25, 0.3) is 10.9 Å². The number of halogens is 5. The van der Waals surface area contributed by atoms with Crippen LogP contribution in [0.5, 0.6) is 11.5 Å². The fourth-order valence-corrected chi connectivity index (χ4v) is 3.38. The number of ether oxygens (including phenoxy) is 1. The Morgan fingerprint density at radius 1 is 1.16 bits per heavy atom. The van der Waals surface area contributed by atoms with Crippen molar-refractivity contribution in [1.29, 1.82) is 0 Å². The third-order valence-corrected chi connectivity index (χ3v) is 4.74. The Labute approximate surface area is 178 Å². The summed E-state index contributed by atoms with van der Waals surface area (Å²) in [6.07, 6.45) is -5.26. The van der Waals surface area contributed by atoms with Crippen molar-refractivity contribution in [2.45, 2.75) is 26.6 Å². The number of phenols is 1. The van der Waals surface area contributed by atoms with Crippen molar-refractivity contribution in [1.82, 2.24) is 9.88 Å². The second kappa shape index (κ2) is 8.48. The summed E-state index contributed by atoms with van der Waals surface area (Å²) in [5.41, 5.74) is -0.173. The largest absolute Gasteiger partial charge is 0.573 e. The third-order valence-electron chi connectivity index (χ3n) is 4.74. The van der Waals surface area contributed by atoms with Crippen LogP contribution in [0.2, 0.25) is 0 Å². The van der Waals surface area contributed by atoms with Gasteiger partial charge in [0.05, 0.1) is 11.9 Å². The van der Waals surface area contributed by atoms with E-state index in [4.69, 9.17) is 0 Å². The zero-order chi connectivity index (χ0) is 23.8. The molecule has 11 heteroatoms. The van der Waals surface area contributed by atoms with Crippen molar-refractivity contribution >= 4 is 22.7 Å². The van der Waals surface area contributed by atoms with E-state index in [-0.39, 0.29) is 34.1 Å². The van der Waals surface area contributed by atoms with Gasteiger partial charge >= 0.3 is 6.36 Å². The Morgan fingerprint density at radius 2 is 1.78 bits per heavy atom. The molecule has 0 aliphatic heterocycles. The Bertz CT molecular complexity index is 1200. The van der Waals surface area contributed by atoms with Crippen LogP contribution in [-0.4, -0.2) is 34.4 Å². The average molecular weight is 456 g/mol. The van der Waals surface area contributed by atoms with Gasteiger partial charge in [0.15, 0.2) is 17.4 Å². The number of amides is 1. The van der Waals surface area contributed by atoms with E-state index < -0.39 is 41.3 Å². The van der Waals surface area contributed by atoms with Crippen molar-refractivity contribution in [3.05, 3.63) is 58.8 Å². The molecule has 2 aromatic carbocycles. The molecule has 0 saturated heterocycles. The molecule has 6 nitrogen and oxygen atoms in total. The highest BCUT2D eigenvalue weighted by Crippen LogP contribution is 2.35. The number of alkyl halides is 3. The van der Waals surface area contributed by atoms with Crippen molar-refractivity contribution in [2.24, 2.45) is 0 Å². The molecule has 0 unspecified atom stereocenters. The molecule has 32 heavy (non-hydrogen) atoms. The number of likely N-dealkylation sites (N-methyl/N-ethyl adjacent to an activating group) is 1. The van der Waals surface area contributed by atoms with E-state index in [1.54, 1.807) is 6.92 Å². The fourth-order valence-electron chi connectivity index (χ4n) is 3.38. The SMILES string of the molecule is CCNC(=O)Cc1c(C)n(C(=O)c2ccc(OC(F)(F)F)cc2)c2cc(F)c(O)c(F)c12. The molecule has 0 saturated carbocycles. The molecule has 1 amide bonds. The minimum atomic E-state index is -4.91. The second-order valence-electron chi connectivity index (χ2n) is 6.82. The monoisotopic (exact) mass is 456 g/mol. The van der Waals surface area contributed by atoms with E-state index in [2.05, 4.69) is 10.1 Å². The first-order valence-corrected chi connectivity index (χ1v) is 9.32. The number of hydrogen-bond donors (Lipinski definition) is 2. The smallest absolute Gasteiger partial charge is 0.503 e. The molecular formula is C21H17F5N2O4. The molecule has 0 spiro atoms. The van der Waals surface area contributed by atoms with E-state index in [1.807, 2.05) is 0 Å². The number of benzene rings is 2. The van der Waals surface area contributed by atoms with Gasteiger partial charge in [0.2, 0.25) is 5.91 Å². The molecule has 1 aromatic heterocycles. The number of nitrogens with one attached hydrogen (secondary N) is 1. The van der Waals surface area contributed by atoms with Gasteiger partial charge in [-0.3, -0.25) is 14.2 Å². The number of aromatic nitrogens is 1. The van der Waals surface area contributed by atoms with Gasteiger partial charge < -0.3 is 15.2 Å². The lowest BCUT2D eigenvalue weighted by Crippen LogP contribution is -2.25. The Hall–Kier alpha value is -3.63. The number of rotatable bonds is 5. The van der Waals surface area contributed by atoms with Gasteiger partial charge in [0, 0.05) is 29.3 Å². The normalized spacial score (nSPS) is 11.6. The molecule has 0 aliphatic rings. The number of fused-ring (bicyclic) bond motifs is 1. The molecular weight excluding hydrogens is 439 g/mol. The first-order valence-electron chi connectivity index (χ1n) is 9.32. The van der Waals surface area contributed by atoms with Gasteiger partial charge in [-0.15, -0.1) is 13.2 Å². The lowest BCUT2D eigenvalue weighted by molar-refractivity contribution is -0.274. The summed E-state index contributed by atoms with van der Waals surface area (Å²) in [5, 5.41) is 11.9. The molecule has 0 radical (unpaired) electrons. The molecule has 0 fully saturated rings. The average Bonchev–Trinajstić information content (AvgIpc) is 2.96. The van der Waals surface area contributed by atoms with Crippen LogP contribution in [0.4, 0.5) is 22.0 Å². The zero-order valence-electron chi connectivity index (χ0n) is 16.8. The number of carbonyl (C=O) groups is 2. The van der Waals surface area contributed by atoms with Crippen molar-refractivity contribution in [3.8, 4) is 11.5 Å². The van der Waals surface area contributed by atoms with Gasteiger partial charge in [-0.1, -0.05) is 0 Å². The molecule has 3 rings (SSSR count). The summed E-state index contributed by atoms with van der Waals surface area (Å²) in [5.74, 6) is -5.76. The Morgan fingerprint density at radius 3 is 2.34 bits per heavy atom. The highest BCUT2D eigenvalue weighted by molar-refractivity contribution is 6.05. The molecule has 3 aromatic rings. The van der Waals surface area contributed by atoms with Crippen molar-refractivity contribution in [2.75, 3.05) is 6.54 Å². The minimum absolute atomic E-state index is 0.0594. The van der Waals surface area contributed by atoms with Crippen LogP contribution in [0.3, 0.4) is 0 Å². The summed E-state index contributed by atoms with van der Waals surface area (Å²) in [7, 11) is 0. The predicted molar refractivity (Wildman–Crippen MR) is 103 cm³/mol. The lowest BCUT2D eigenvalue weighted by Gasteiger charge is -2.11. The van der Waals surface area contributed by atoms with E-state index >= 15 is 0 Å². The summed E-state index contributed by atoms with van der Waals surface area (Å²) >= 11 is 0. The predicted octanol–water partition coefficient (Wildman–Crippen LogP) is 4.20. The summed E-state index contributed by atoms with van der Waals surface area (Å²) in [6.45, 7) is 3.37. The number of nitrogens with zero attached hydrogens (tertiary/aromatic N) is 1. The van der Waals surface area contributed by atoms with E-state index in [0.717, 1.165) is 34.9 Å². The van der Waals surface area contributed by atoms with E-state index in [1.165, 1.54) is 6.92 Å². The van der Waals surface area contributed by atoms with Gasteiger partial charge in [0.1, 0.15) is 5.75 Å². The van der Waals surface area contributed by atoms with Crippen LogP contribution in [-0.2, 0) is 11.2 Å². The summed E-state index contributed by atoms with van der Waals surface area (Å²) in [6, 6.07) is 4.71. The Kier molecular flexibility index (Phi) is 6.11. The first kappa shape index (κ1) is 23.0. The van der Waals surface area contributed by atoms with Crippen LogP contribution in [0.15, 0.2) is 30.3 Å². The molecule has 0 bridgehead atoms. The summed E-state index contributed by atoms with van der Waals surface area (Å²) < 4.78 is 70.6. The standard InChI is InChI=1S/C21H17F5N2O4/c1-3-27-16(29)8-13-10(2)28(15-9-14(22)19(30)18(23)17(13)15)20(31)11-4-6-12(7-5-11)32-21(24,25)26/h4-7,9,30H,3,8H2,1-2H3,(H,27,29). The maximum Gasteiger partial charge on any atom is 0.573 e. The quantitative estimate of drug-likeness (QED) is 0.564. The van der Waals surface area contributed by atoms with Gasteiger partial charge in [-0.25, -0.2) is 8.78 Å². The second-order valence-corrected chi connectivity index (χ2v) is 6.82. The molecule has 0 atom stereocenters. The number of phenolic OH excluding ortho intramolecular Hbond substituents is 1. The zero-order valence-corrected chi connectivity index (χ0v) is 16.8. The van der Waals surface area contributed by atoms with Gasteiger partial charge in [-0.2, -0.15) is 0 Å². The van der Waals surface area contributed by atoms with E-state index in [9.17, 15) is 36.6 Å². The van der Waals surface area contributed by atoms with Crippen LogP contribution in [0.1, 0.15) is 28.5 Å². The van der Waals surface area contributed by atoms with Crippen LogP contribution >= 0.6 is 0 Å². The molecule has 170 valence electrons. The highest BCUT2D eigenvalue weighted by atomic mass is 19.4. The maximum absolute atomic E-state index is 14.8. The van der Waals surface area contributed by atoms with Gasteiger partial charge in [0.25, 0.3) is 5.91 Å². The first-order chi connectivity index (χ1) is 14.9. The topological polar surface area (TPSA) is 80.6 Å². The van der Waals surface area contributed by atoms with Gasteiger partial charge in [-0.05, 0) is 43.7 Å². The summed E-state index contributed by atoms with van der Waals surface area (Å²) in [4.78, 5) is 25.2. The lowest BCUT2D eigenvalue weighted by atomic mass is 10.1. The van der Waals surface area contributed by atoms with E-state index in [0.29, 0.717) is 6.54 Å². The highest BCUT2D eigenvalue weighted by Gasteiger charge is 2.31. The Balaban J connectivity index is 2.14. The minimum Gasteiger partial charge on any atom is -0.503 e. The van der Waals surface area contributed by atoms with Crippen LogP contribution < -0.4 is 10.1 Å². The molecule has 1 heterocycles. The maximum atomic E-state index is 14.8. The number of carbonyl (C=O) groups excluding carboxylic acids is 2. The fraction of sp³-hybridized carbons (Fsp3) is 0.238. The number of aromatic hydroxyl groups is 1. The molecule has 2 N–H and O–H groups in total. The van der Waals surface area contributed by atoms with Crippen LogP contribution in [0, 0.1) is 18.6 Å². The number of hydrogen-bond acceptors (Lipinski definition) is 4. The van der Waals surface area contributed by atoms with Crippen molar-refractivity contribution in [3.63, 3.8) is 0 Å².